The van der Waals surface area contributed by atoms with Gasteiger partial charge in [-0.15, -0.1) is 0 Å². The Morgan fingerprint density at radius 2 is 1.80 bits per heavy atom. The van der Waals surface area contributed by atoms with E-state index in [0.29, 0.717) is 11.1 Å². The lowest BCUT2D eigenvalue weighted by Crippen LogP contribution is -2.20. The van der Waals surface area contributed by atoms with E-state index in [9.17, 15) is 24.4 Å². The molecule has 8 heteroatoms. The van der Waals surface area contributed by atoms with Gasteiger partial charge in [-0.05, 0) is 29.8 Å². The van der Waals surface area contributed by atoms with Crippen molar-refractivity contribution in [3.63, 3.8) is 0 Å². The monoisotopic (exact) mass is 343 g/mol. The van der Waals surface area contributed by atoms with Crippen LogP contribution in [0.3, 0.4) is 0 Å². The molecular formula is C17H14FN3O4. The summed E-state index contributed by atoms with van der Waals surface area (Å²) in [5.41, 5.74) is 0.615. The van der Waals surface area contributed by atoms with E-state index < -0.39 is 28.8 Å². The largest absolute Gasteiger partial charge is 0.507 e. The molecule has 0 radical (unpaired) electrons. The van der Waals surface area contributed by atoms with Gasteiger partial charge >= 0.3 is 0 Å². The maximum Gasteiger partial charge on any atom is 0.268 e. The minimum Gasteiger partial charge on any atom is -0.507 e. The zero-order valence-electron chi connectivity index (χ0n) is 12.9. The molecule has 3 rings (SSSR count). The molecule has 1 aromatic heterocycles. The number of H-pyrrole nitrogens is 2. The summed E-state index contributed by atoms with van der Waals surface area (Å²) in [6.45, 7) is -0.548. The summed E-state index contributed by atoms with van der Waals surface area (Å²) in [7, 11) is 0. The van der Waals surface area contributed by atoms with Crippen molar-refractivity contribution in [3.8, 4) is 17.0 Å². The third kappa shape index (κ3) is 3.27. The van der Waals surface area contributed by atoms with Crippen molar-refractivity contribution in [1.82, 2.24) is 10.2 Å². The van der Waals surface area contributed by atoms with Gasteiger partial charge in [-0.2, -0.15) is 0 Å². The fraction of sp³-hybridized carbons (Fsp3) is 0.118. The Morgan fingerprint density at radius 1 is 1.12 bits per heavy atom. The Kier molecular flexibility index (Phi) is 4.34. The number of nitrogens with zero attached hydrogens (tertiary/aromatic N) is 1. The zero-order valence-corrected chi connectivity index (χ0v) is 12.9. The first-order valence-electron chi connectivity index (χ1n) is 7.43. The molecule has 0 bridgehead atoms. The molecular weight excluding hydrogens is 329 g/mol. The van der Waals surface area contributed by atoms with Crippen LogP contribution in [0.15, 0.2) is 53.3 Å². The maximum absolute atomic E-state index is 13.2. The predicted octanol–water partition coefficient (Wildman–Crippen LogP) is 2.62. The molecule has 128 valence electrons. The second-order valence-corrected chi connectivity index (χ2v) is 5.50. The van der Waals surface area contributed by atoms with Gasteiger partial charge in [-0.3, -0.25) is 25.1 Å². The molecule has 1 atom stereocenters. The van der Waals surface area contributed by atoms with Gasteiger partial charge < -0.3 is 5.11 Å². The molecule has 0 saturated heterocycles. The van der Waals surface area contributed by atoms with Crippen LogP contribution in [0.25, 0.3) is 11.3 Å². The van der Waals surface area contributed by atoms with Crippen molar-refractivity contribution in [2.45, 2.75) is 5.92 Å². The molecule has 25 heavy (non-hydrogen) atoms. The van der Waals surface area contributed by atoms with Gasteiger partial charge in [0.15, 0.2) is 0 Å². The van der Waals surface area contributed by atoms with Gasteiger partial charge in [-0.25, -0.2) is 4.39 Å². The minimum absolute atomic E-state index is 0.0713. The quantitative estimate of drug-likeness (QED) is 0.488. The van der Waals surface area contributed by atoms with Crippen molar-refractivity contribution in [2.75, 3.05) is 6.54 Å². The van der Waals surface area contributed by atoms with Gasteiger partial charge in [0.1, 0.15) is 11.6 Å². The maximum atomic E-state index is 13.2. The number of aromatic amines is 2. The Hall–Kier alpha value is -3.42. The Morgan fingerprint density at radius 3 is 2.44 bits per heavy atom. The number of aromatic nitrogens is 2. The average Bonchev–Trinajstić information content (AvgIpc) is 2.95. The second-order valence-electron chi connectivity index (χ2n) is 5.50. The van der Waals surface area contributed by atoms with Crippen LogP contribution in [0.4, 0.5) is 4.39 Å². The Labute approximate surface area is 140 Å². The van der Waals surface area contributed by atoms with Gasteiger partial charge in [0.05, 0.1) is 17.2 Å². The highest BCUT2D eigenvalue weighted by Crippen LogP contribution is 2.34. The Bertz CT molecular complexity index is 963. The molecule has 0 aliphatic carbocycles. The highest BCUT2D eigenvalue weighted by Gasteiger charge is 2.28. The fourth-order valence-electron chi connectivity index (χ4n) is 2.80. The lowest BCUT2D eigenvalue weighted by Gasteiger charge is -2.14. The lowest BCUT2D eigenvalue weighted by molar-refractivity contribution is -0.481. The van der Waals surface area contributed by atoms with E-state index in [1.54, 1.807) is 18.2 Å². The number of rotatable bonds is 5. The average molecular weight is 343 g/mol. The summed E-state index contributed by atoms with van der Waals surface area (Å²) >= 11 is 0. The molecule has 1 unspecified atom stereocenters. The van der Waals surface area contributed by atoms with Crippen molar-refractivity contribution in [2.24, 2.45) is 0 Å². The summed E-state index contributed by atoms with van der Waals surface area (Å²) in [6, 6.07) is 11.5. The number of halogens is 1. The normalized spacial score (nSPS) is 12.0. The summed E-state index contributed by atoms with van der Waals surface area (Å²) in [5, 5.41) is 26.3. The number of phenolic OH excluding ortho intramolecular Hbond substituents is 1. The van der Waals surface area contributed by atoms with Crippen molar-refractivity contribution in [3.05, 3.63) is 85.9 Å². The lowest BCUT2D eigenvalue weighted by atomic mass is 9.89. The molecule has 0 spiro atoms. The van der Waals surface area contributed by atoms with Crippen LogP contribution in [-0.4, -0.2) is 26.8 Å². The number of nitro groups is 1. The zero-order chi connectivity index (χ0) is 18.0. The van der Waals surface area contributed by atoms with E-state index in [-0.39, 0.29) is 17.0 Å². The Balaban J connectivity index is 2.18. The molecule has 0 amide bonds. The van der Waals surface area contributed by atoms with Crippen molar-refractivity contribution in [1.29, 1.82) is 0 Å². The molecule has 1 heterocycles. The third-order valence-corrected chi connectivity index (χ3v) is 3.94. The van der Waals surface area contributed by atoms with Crippen LogP contribution >= 0.6 is 0 Å². The summed E-state index contributed by atoms with van der Waals surface area (Å²) in [4.78, 5) is 22.9. The molecule has 3 N–H and O–H groups in total. The number of phenols is 1. The number of aromatic hydroxyl groups is 1. The van der Waals surface area contributed by atoms with E-state index in [1.165, 1.54) is 30.3 Å². The van der Waals surface area contributed by atoms with Gasteiger partial charge in [-0.1, -0.05) is 24.3 Å². The van der Waals surface area contributed by atoms with Gasteiger partial charge in [0.25, 0.3) is 5.56 Å². The smallest absolute Gasteiger partial charge is 0.268 e. The van der Waals surface area contributed by atoms with E-state index in [1.807, 2.05) is 0 Å². The van der Waals surface area contributed by atoms with Crippen LogP contribution < -0.4 is 5.56 Å². The first-order chi connectivity index (χ1) is 12.0. The number of hydrogen-bond acceptors (Lipinski definition) is 4. The van der Waals surface area contributed by atoms with Crippen LogP contribution in [-0.2, 0) is 0 Å². The number of nitrogens with one attached hydrogen (secondary N) is 2. The summed E-state index contributed by atoms with van der Waals surface area (Å²) < 4.78 is 13.2. The van der Waals surface area contributed by atoms with E-state index in [0.717, 1.165) is 0 Å². The first kappa shape index (κ1) is 16.4. The number of benzene rings is 2. The van der Waals surface area contributed by atoms with E-state index in [2.05, 4.69) is 10.2 Å². The van der Waals surface area contributed by atoms with Crippen molar-refractivity contribution >= 4 is 0 Å². The second kappa shape index (κ2) is 6.60. The third-order valence-electron chi connectivity index (χ3n) is 3.94. The molecule has 3 aromatic rings. The van der Waals surface area contributed by atoms with Crippen molar-refractivity contribution < 1.29 is 14.4 Å². The highest BCUT2D eigenvalue weighted by molar-refractivity contribution is 5.70. The van der Waals surface area contributed by atoms with E-state index >= 15 is 0 Å². The predicted molar refractivity (Wildman–Crippen MR) is 88.6 cm³/mol. The SMILES string of the molecule is O=c1[nH][nH]c(-c2ccccc2O)c1C(C[N+](=O)[O-])c1ccc(F)cc1. The summed E-state index contributed by atoms with van der Waals surface area (Å²) in [5.74, 6) is -1.45. The molecule has 2 aromatic carbocycles. The van der Waals surface area contributed by atoms with Crippen LogP contribution in [0.1, 0.15) is 17.0 Å². The van der Waals surface area contributed by atoms with Crippen LogP contribution in [0.2, 0.25) is 0 Å². The minimum atomic E-state index is -0.903. The summed E-state index contributed by atoms with van der Waals surface area (Å²) in [6.07, 6.45) is 0. The molecule has 0 fully saturated rings. The molecule has 0 aliphatic heterocycles. The van der Waals surface area contributed by atoms with Gasteiger partial charge in [0, 0.05) is 10.5 Å². The van der Waals surface area contributed by atoms with Crippen LogP contribution in [0.5, 0.6) is 5.75 Å². The van der Waals surface area contributed by atoms with Gasteiger partial charge in [0.2, 0.25) is 6.54 Å². The van der Waals surface area contributed by atoms with E-state index in [4.69, 9.17) is 0 Å². The first-order valence-corrected chi connectivity index (χ1v) is 7.43. The highest BCUT2D eigenvalue weighted by atomic mass is 19.1. The topological polar surface area (TPSA) is 112 Å². The molecule has 7 nitrogen and oxygen atoms in total. The van der Waals surface area contributed by atoms with Crippen LogP contribution in [0, 0.1) is 15.9 Å². The number of hydrogen-bond donors (Lipinski definition) is 3. The fourth-order valence-corrected chi connectivity index (χ4v) is 2.80. The number of para-hydroxylation sites is 1. The standard InChI is InChI=1S/C17H14FN3O4/c18-11-7-5-10(6-8-11)13(9-21(24)25)15-16(19-20-17(15)23)12-3-1-2-4-14(12)22/h1-8,13,22H,9H2,(H2,19,20,23). The molecule has 0 saturated carbocycles. The molecule has 0 aliphatic rings.